The van der Waals surface area contributed by atoms with Crippen LogP contribution < -0.4 is 10.5 Å². The lowest BCUT2D eigenvalue weighted by atomic mass is 10.3. The lowest BCUT2D eigenvalue weighted by molar-refractivity contribution is 0.412. The van der Waals surface area contributed by atoms with Crippen molar-refractivity contribution in [1.82, 2.24) is 4.98 Å². The summed E-state index contributed by atoms with van der Waals surface area (Å²) in [7, 11) is 1.60. The van der Waals surface area contributed by atoms with E-state index < -0.39 is 0 Å². The molecule has 3 nitrogen and oxygen atoms in total. The molecule has 0 aromatic carbocycles. The summed E-state index contributed by atoms with van der Waals surface area (Å²) >= 11 is 1.48. The molecular formula is C6H10N2OS. The Morgan fingerprint density at radius 2 is 2.50 bits per heavy atom. The normalized spacial score (nSPS) is 13.1. The smallest absolute Gasteiger partial charge is 0.273 e. The lowest BCUT2D eigenvalue weighted by Gasteiger charge is -1.95. The number of thiazole rings is 1. The third-order valence-corrected chi connectivity index (χ3v) is 2.29. The first kappa shape index (κ1) is 7.50. The Bertz CT molecular complexity index is 209. The SMILES string of the molecule is COc1ncc([C@@H](C)N)s1. The van der Waals surface area contributed by atoms with E-state index in [1.165, 1.54) is 11.3 Å². The number of hydrogen-bond acceptors (Lipinski definition) is 4. The van der Waals surface area contributed by atoms with Gasteiger partial charge < -0.3 is 10.5 Å². The molecule has 4 heteroatoms. The Morgan fingerprint density at radius 3 is 2.80 bits per heavy atom. The average Bonchev–Trinajstić information content (AvgIpc) is 2.34. The molecule has 0 saturated heterocycles. The Balaban J connectivity index is 2.78. The fourth-order valence-corrected chi connectivity index (χ4v) is 1.26. The first-order chi connectivity index (χ1) is 4.74. The molecular weight excluding hydrogens is 148 g/mol. The van der Waals surface area contributed by atoms with Gasteiger partial charge in [-0.2, -0.15) is 0 Å². The van der Waals surface area contributed by atoms with Crippen molar-refractivity contribution in [3.05, 3.63) is 11.1 Å². The Hall–Kier alpha value is -0.610. The molecule has 0 spiro atoms. The highest BCUT2D eigenvalue weighted by molar-refractivity contribution is 7.13. The molecule has 0 bridgehead atoms. The van der Waals surface area contributed by atoms with Gasteiger partial charge in [-0.25, -0.2) is 4.98 Å². The molecule has 0 fully saturated rings. The monoisotopic (exact) mass is 158 g/mol. The van der Waals surface area contributed by atoms with E-state index in [1.807, 2.05) is 6.92 Å². The minimum atomic E-state index is 0.0569. The quantitative estimate of drug-likeness (QED) is 0.702. The molecule has 0 aliphatic carbocycles. The third kappa shape index (κ3) is 1.46. The van der Waals surface area contributed by atoms with E-state index in [0.717, 1.165) is 4.88 Å². The summed E-state index contributed by atoms with van der Waals surface area (Å²) in [6, 6.07) is 0.0569. The maximum absolute atomic E-state index is 5.60. The molecule has 0 aliphatic rings. The number of methoxy groups -OCH3 is 1. The van der Waals surface area contributed by atoms with Gasteiger partial charge >= 0.3 is 0 Å². The standard InChI is InChI=1S/C6H10N2OS/c1-4(7)5-3-8-6(9-2)10-5/h3-4H,7H2,1-2H3/t4-/m1/s1. The van der Waals surface area contributed by atoms with Crippen LogP contribution in [-0.4, -0.2) is 12.1 Å². The van der Waals surface area contributed by atoms with Crippen LogP contribution in [0.15, 0.2) is 6.20 Å². The highest BCUT2D eigenvalue weighted by Gasteiger charge is 2.04. The zero-order valence-corrected chi connectivity index (χ0v) is 6.81. The van der Waals surface area contributed by atoms with Gasteiger partial charge in [-0.3, -0.25) is 0 Å². The predicted molar refractivity (Wildman–Crippen MR) is 41.3 cm³/mol. The fraction of sp³-hybridized carbons (Fsp3) is 0.500. The van der Waals surface area contributed by atoms with E-state index in [1.54, 1.807) is 13.3 Å². The second kappa shape index (κ2) is 2.98. The topological polar surface area (TPSA) is 48.1 Å². The van der Waals surface area contributed by atoms with Crippen LogP contribution in [0.25, 0.3) is 0 Å². The van der Waals surface area contributed by atoms with Gasteiger partial charge in [0.05, 0.1) is 7.11 Å². The van der Waals surface area contributed by atoms with Crippen LogP contribution in [0, 0.1) is 0 Å². The van der Waals surface area contributed by atoms with Crippen LogP contribution in [-0.2, 0) is 0 Å². The molecule has 1 aromatic rings. The van der Waals surface area contributed by atoms with Gasteiger partial charge in [-0.1, -0.05) is 11.3 Å². The first-order valence-corrected chi connectivity index (χ1v) is 3.81. The van der Waals surface area contributed by atoms with Crippen LogP contribution in [0.1, 0.15) is 17.8 Å². The Labute approximate surface area is 63.8 Å². The summed E-state index contributed by atoms with van der Waals surface area (Å²) < 4.78 is 4.90. The van der Waals surface area contributed by atoms with E-state index in [2.05, 4.69) is 4.98 Å². The zero-order valence-electron chi connectivity index (χ0n) is 6.00. The van der Waals surface area contributed by atoms with Crippen LogP contribution >= 0.6 is 11.3 Å². The molecule has 1 rings (SSSR count). The van der Waals surface area contributed by atoms with Crippen molar-refractivity contribution >= 4 is 11.3 Å². The number of nitrogens with zero attached hydrogens (tertiary/aromatic N) is 1. The number of nitrogens with two attached hydrogens (primary N) is 1. The van der Waals surface area contributed by atoms with Crippen molar-refractivity contribution in [3.8, 4) is 5.19 Å². The van der Waals surface area contributed by atoms with Crippen LogP contribution in [0.4, 0.5) is 0 Å². The van der Waals surface area contributed by atoms with Gasteiger partial charge in [0.1, 0.15) is 0 Å². The number of rotatable bonds is 2. The fourth-order valence-electron chi connectivity index (χ4n) is 0.575. The van der Waals surface area contributed by atoms with Crippen molar-refractivity contribution in [2.24, 2.45) is 5.73 Å². The summed E-state index contributed by atoms with van der Waals surface area (Å²) in [6.45, 7) is 1.92. The predicted octanol–water partition coefficient (Wildman–Crippen LogP) is 1.17. The minimum absolute atomic E-state index is 0.0569. The molecule has 2 N–H and O–H groups in total. The van der Waals surface area contributed by atoms with Crippen LogP contribution in [0.2, 0.25) is 0 Å². The summed E-state index contributed by atoms with van der Waals surface area (Å²) in [5.74, 6) is 0. The maximum Gasteiger partial charge on any atom is 0.273 e. The highest BCUT2D eigenvalue weighted by Crippen LogP contribution is 2.23. The van der Waals surface area contributed by atoms with Crippen molar-refractivity contribution < 1.29 is 4.74 Å². The summed E-state index contributed by atoms with van der Waals surface area (Å²) in [5, 5.41) is 0.673. The second-order valence-electron chi connectivity index (χ2n) is 2.02. The lowest BCUT2D eigenvalue weighted by Crippen LogP contribution is -2.01. The number of hydrogen-bond donors (Lipinski definition) is 1. The molecule has 56 valence electrons. The second-order valence-corrected chi connectivity index (χ2v) is 3.05. The van der Waals surface area contributed by atoms with Crippen LogP contribution in [0.3, 0.4) is 0 Å². The molecule has 0 radical (unpaired) electrons. The summed E-state index contributed by atoms with van der Waals surface area (Å²) in [4.78, 5) is 5.02. The van der Waals surface area contributed by atoms with E-state index in [9.17, 15) is 0 Å². The number of ether oxygens (including phenoxy) is 1. The summed E-state index contributed by atoms with van der Waals surface area (Å²) in [5.41, 5.74) is 5.60. The molecule has 0 aliphatic heterocycles. The molecule has 0 unspecified atom stereocenters. The van der Waals surface area contributed by atoms with Crippen LogP contribution in [0.5, 0.6) is 5.19 Å². The van der Waals surface area contributed by atoms with E-state index >= 15 is 0 Å². The van der Waals surface area contributed by atoms with Gasteiger partial charge in [0, 0.05) is 17.1 Å². The molecule has 1 atom stereocenters. The zero-order chi connectivity index (χ0) is 7.56. The Morgan fingerprint density at radius 1 is 1.80 bits per heavy atom. The van der Waals surface area contributed by atoms with Gasteiger partial charge in [0.2, 0.25) is 0 Å². The third-order valence-electron chi connectivity index (χ3n) is 1.13. The van der Waals surface area contributed by atoms with Gasteiger partial charge in [-0.05, 0) is 6.92 Å². The number of aromatic nitrogens is 1. The van der Waals surface area contributed by atoms with E-state index in [-0.39, 0.29) is 6.04 Å². The molecule has 10 heavy (non-hydrogen) atoms. The highest BCUT2D eigenvalue weighted by atomic mass is 32.1. The molecule has 1 aromatic heterocycles. The van der Waals surface area contributed by atoms with Crippen molar-refractivity contribution in [3.63, 3.8) is 0 Å². The van der Waals surface area contributed by atoms with Crippen molar-refractivity contribution in [1.29, 1.82) is 0 Å². The average molecular weight is 158 g/mol. The van der Waals surface area contributed by atoms with Gasteiger partial charge in [0.25, 0.3) is 5.19 Å². The maximum atomic E-state index is 5.60. The van der Waals surface area contributed by atoms with Gasteiger partial charge in [0.15, 0.2) is 0 Å². The van der Waals surface area contributed by atoms with E-state index in [4.69, 9.17) is 10.5 Å². The Kier molecular flexibility index (Phi) is 2.24. The molecule has 0 saturated carbocycles. The summed E-state index contributed by atoms with van der Waals surface area (Å²) in [6.07, 6.45) is 1.74. The largest absolute Gasteiger partial charge is 0.473 e. The molecule has 1 heterocycles. The molecule has 0 amide bonds. The van der Waals surface area contributed by atoms with Crippen molar-refractivity contribution in [2.45, 2.75) is 13.0 Å². The van der Waals surface area contributed by atoms with E-state index in [0.29, 0.717) is 5.19 Å². The minimum Gasteiger partial charge on any atom is -0.473 e. The van der Waals surface area contributed by atoms with Gasteiger partial charge in [-0.15, -0.1) is 0 Å². The van der Waals surface area contributed by atoms with Crippen molar-refractivity contribution in [2.75, 3.05) is 7.11 Å². The first-order valence-electron chi connectivity index (χ1n) is 2.99.